The van der Waals surface area contributed by atoms with Crippen LogP contribution in [0.3, 0.4) is 0 Å². The molecule has 0 saturated heterocycles. The average Bonchev–Trinajstić information content (AvgIpc) is 2.31. The predicted molar refractivity (Wildman–Crippen MR) is 67.5 cm³/mol. The monoisotopic (exact) mass is 238 g/mol. The van der Waals surface area contributed by atoms with E-state index in [1.807, 2.05) is 30.3 Å². The summed E-state index contributed by atoms with van der Waals surface area (Å²) in [5.74, 6) is 0.735. The van der Waals surface area contributed by atoms with Gasteiger partial charge in [0.1, 0.15) is 5.75 Å². The van der Waals surface area contributed by atoms with Gasteiger partial charge in [0.05, 0.1) is 0 Å². The Labute approximate surface area is 97.5 Å². The van der Waals surface area contributed by atoms with Gasteiger partial charge in [0.2, 0.25) is 7.37 Å². The Bertz CT molecular complexity index is 369. The van der Waals surface area contributed by atoms with Gasteiger partial charge in [-0.05, 0) is 25.0 Å². The van der Waals surface area contributed by atoms with Crippen LogP contribution in [-0.2, 0) is 4.57 Å². The van der Waals surface area contributed by atoms with Gasteiger partial charge in [-0.3, -0.25) is 4.57 Å². The normalized spacial score (nSPS) is 21.3. The Morgan fingerprint density at radius 3 is 2.38 bits per heavy atom. The number of benzene rings is 1. The lowest BCUT2D eigenvalue weighted by atomic mass is 10.0. The summed E-state index contributed by atoms with van der Waals surface area (Å²) in [5.41, 5.74) is 0.265. The first-order valence-electron chi connectivity index (χ1n) is 6.00. The lowest BCUT2D eigenvalue weighted by molar-refractivity contribution is 0.431. The zero-order valence-electron chi connectivity index (χ0n) is 9.76. The SMILES string of the molecule is CP(=O)(Oc1ccccc1)C1CCCCC1. The summed E-state index contributed by atoms with van der Waals surface area (Å²) >= 11 is 0. The van der Waals surface area contributed by atoms with Crippen LogP contribution in [-0.4, -0.2) is 12.3 Å². The van der Waals surface area contributed by atoms with Crippen LogP contribution in [0.5, 0.6) is 5.75 Å². The maximum absolute atomic E-state index is 12.5. The molecule has 1 aromatic carbocycles. The number of hydrogen-bond acceptors (Lipinski definition) is 2. The van der Waals surface area contributed by atoms with Gasteiger partial charge >= 0.3 is 0 Å². The summed E-state index contributed by atoms with van der Waals surface area (Å²) < 4.78 is 18.2. The van der Waals surface area contributed by atoms with Gasteiger partial charge in [-0.1, -0.05) is 37.5 Å². The lowest BCUT2D eigenvalue weighted by Crippen LogP contribution is -2.15. The fraction of sp³-hybridized carbons (Fsp3) is 0.538. The van der Waals surface area contributed by atoms with Gasteiger partial charge in [-0.25, -0.2) is 0 Å². The zero-order valence-corrected chi connectivity index (χ0v) is 10.7. The quantitative estimate of drug-likeness (QED) is 0.733. The molecule has 0 N–H and O–H groups in total. The fourth-order valence-corrected chi connectivity index (χ4v) is 4.31. The largest absolute Gasteiger partial charge is 0.443 e. The molecule has 0 heterocycles. The second-order valence-electron chi connectivity index (χ2n) is 4.60. The molecule has 88 valence electrons. The van der Waals surface area contributed by atoms with Crippen molar-refractivity contribution >= 4 is 7.37 Å². The molecule has 0 radical (unpaired) electrons. The summed E-state index contributed by atoms with van der Waals surface area (Å²) in [4.78, 5) is 0. The van der Waals surface area contributed by atoms with Gasteiger partial charge in [-0.15, -0.1) is 0 Å². The van der Waals surface area contributed by atoms with Crippen molar-refractivity contribution in [2.75, 3.05) is 6.66 Å². The molecule has 0 bridgehead atoms. The van der Waals surface area contributed by atoms with Gasteiger partial charge in [-0.2, -0.15) is 0 Å². The summed E-state index contributed by atoms with van der Waals surface area (Å²) in [6.45, 7) is 1.79. The van der Waals surface area contributed by atoms with E-state index in [1.165, 1.54) is 19.3 Å². The third-order valence-electron chi connectivity index (χ3n) is 3.27. The minimum absolute atomic E-state index is 0.265. The predicted octanol–water partition coefficient (Wildman–Crippen LogP) is 4.31. The van der Waals surface area contributed by atoms with Crippen molar-refractivity contribution in [2.45, 2.75) is 37.8 Å². The van der Waals surface area contributed by atoms with E-state index in [2.05, 4.69) is 0 Å². The third-order valence-corrected chi connectivity index (χ3v) is 5.68. The third kappa shape index (κ3) is 2.89. The van der Waals surface area contributed by atoms with Crippen molar-refractivity contribution in [3.63, 3.8) is 0 Å². The number of rotatable bonds is 3. The van der Waals surface area contributed by atoms with Crippen LogP contribution < -0.4 is 4.52 Å². The smallest absolute Gasteiger partial charge is 0.247 e. The molecule has 1 aliphatic carbocycles. The van der Waals surface area contributed by atoms with Crippen LogP contribution in [0.15, 0.2) is 30.3 Å². The van der Waals surface area contributed by atoms with Gasteiger partial charge in [0.15, 0.2) is 0 Å². The Kier molecular flexibility index (Phi) is 3.70. The van der Waals surface area contributed by atoms with E-state index in [9.17, 15) is 4.57 Å². The summed E-state index contributed by atoms with van der Waals surface area (Å²) in [6, 6.07) is 9.51. The van der Waals surface area contributed by atoms with E-state index in [0.29, 0.717) is 0 Å². The maximum Gasteiger partial charge on any atom is 0.247 e. The van der Waals surface area contributed by atoms with Crippen molar-refractivity contribution < 1.29 is 9.09 Å². The molecular formula is C13H19O2P. The molecule has 1 aliphatic rings. The minimum atomic E-state index is -2.49. The molecule has 16 heavy (non-hydrogen) atoms. The summed E-state index contributed by atoms with van der Waals surface area (Å²) in [5, 5.41) is 0. The Balaban J connectivity index is 2.04. The molecule has 2 rings (SSSR count). The van der Waals surface area contributed by atoms with Crippen LogP contribution in [0.2, 0.25) is 0 Å². The fourth-order valence-electron chi connectivity index (χ4n) is 2.32. The summed E-state index contributed by atoms with van der Waals surface area (Å²) in [7, 11) is -2.49. The van der Waals surface area contributed by atoms with Gasteiger partial charge < -0.3 is 4.52 Å². The second kappa shape index (κ2) is 5.05. The molecule has 0 amide bonds. The topological polar surface area (TPSA) is 26.3 Å². The number of hydrogen-bond donors (Lipinski definition) is 0. The van der Waals surface area contributed by atoms with Gasteiger partial charge in [0.25, 0.3) is 0 Å². The average molecular weight is 238 g/mol. The Morgan fingerprint density at radius 2 is 1.75 bits per heavy atom. The molecule has 3 heteroatoms. The van der Waals surface area contributed by atoms with E-state index in [-0.39, 0.29) is 5.66 Å². The van der Waals surface area contributed by atoms with Crippen LogP contribution >= 0.6 is 7.37 Å². The molecule has 1 atom stereocenters. The van der Waals surface area contributed by atoms with E-state index in [1.54, 1.807) is 6.66 Å². The molecule has 0 aromatic heterocycles. The highest BCUT2D eigenvalue weighted by Gasteiger charge is 2.31. The first-order valence-corrected chi connectivity index (χ1v) is 8.14. The first-order chi connectivity index (χ1) is 7.68. The van der Waals surface area contributed by atoms with Crippen LogP contribution in [0, 0.1) is 0 Å². The van der Waals surface area contributed by atoms with E-state index < -0.39 is 7.37 Å². The lowest BCUT2D eigenvalue weighted by Gasteiger charge is -2.27. The van der Waals surface area contributed by atoms with E-state index in [4.69, 9.17) is 4.52 Å². The molecule has 0 aliphatic heterocycles. The standard InChI is InChI=1S/C13H19O2P/c1-16(14,13-10-6-3-7-11-13)15-12-8-4-2-5-9-12/h2,4-5,8-9,13H,3,6-7,10-11H2,1H3. The van der Waals surface area contributed by atoms with Crippen molar-refractivity contribution in [3.8, 4) is 5.75 Å². The molecule has 1 unspecified atom stereocenters. The van der Waals surface area contributed by atoms with Crippen molar-refractivity contribution in [1.82, 2.24) is 0 Å². The van der Waals surface area contributed by atoms with Crippen molar-refractivity contribution in [1.29, 1.82) is 0 Å². The minimum Gasteiger partial charge on any atom is -0.443 e. The molecular weight excluding hydrogens is 219 g/mol. The molecule has 0 spiro atoms. The summed E-state index contributed by atoms with van der Waals surface area (Å²) in [6.07, 6.45) is 5.78. The van der Waals surface area contributed by atoms with Crippen molar-refractivity contribution in [2.24, 2.45) is 0 Å². The Morgan fingerprint density at radius 1 is 1.12 bits per heavy atom. The van der Waals surface area contributed by atoms with Crippen molar-refractivity contribution in [3.05, 3.63) is 30.3 Å². The highest BCUT2D eigenvalue weighted by Crippen LogP contribution is 2.53. The molecule has 1 saturated carbocycles. The molecule has 2 nitrogen and oxygen atoms in total. The molecule has 1 fully saturated rings. The zero-order chi connectivity index (χ0) is 11.4. The van der Waals surface area contributed by atoms with E-state index in [0.717, 1.165) is 18.6 Å². The highest BCUT2D eigenvalue weighted by molar-refractivity contribution is 7.59. The van der Waals surface area contributed by atoms with E-state index >= 15 is 0 Å². The highest BCUT2D eigenvalue weighted by atomic mass is 31.2. The Hall–Kier alpha value is -0.750. The second-order valence-corrected chi connectivity index (χ2v) is 7.34. The van der Waals surface area contributed by atoms with Crippen LogP contribution in [0.25, 0.3) is 0 Å². The van der Waals surface area contributed by atoms with Crippen LogP contribution in [0.4, 0.5) is 0 Å². The number of para-hydroxylation sites is 1. The first kappa shape index (κ1) is 11.7. The van der Waals surface area contributed by atoms with Crippen LogP contribution in [0.1, 0.15) is 32.1 Å². The maximum atomic E-state index is 12.5. The molecule has 1 aromatic rings. The van der Waals surface area contributed by atoms with Gasteiger partial charge in [0, 0.05) is 12.3 Å².